The van der Waals surface area contributed by atoms with E-state index in [1.165, 1.54) is 0 Å². The summed E-state index contributed by atoms with van der Waals surface area (Å²) in [7, 11) is 0. The summed E-state index contributed by atoms with van der Waals surface area (Å²) in [6.07, 6.45) is 2.40. The van der Waals surface area contributed by atoms with Crippen LogP contribution in [0.25, 0.3) is 0 Å². The molecule has 0 aromatic carbocycles. The molecule has 0 aliphatic carbocycles. The van der Waals surface area contributed by atoms with Crippen LogP contribution in [0.5, 0.6) is 0 Å². The summed E-state index contributed by atoms with van der Waals surface area (Å²) < 4.78 is 15.9. The molecule has 1 aliphatic heterocycles. The van der Waals surface area contributed by atoms with E-state index in [9.17, 15) is 4.79 Å². The predicted octanol–water partition coefficient (Wildman–Crippen LogP) is 2.36. The fourth-order valence-electron chi connectivity index (χ4n) is 2.06. The first-order chi connectivity index (χ1) is 8.19. The van der Waals surface area contributed by atoms with Crippen LogP contribution in [0.2, 0.25) is 0 Å². The van der Waals surface area contributed by atoms with Crippen molar-refractivity contribution in [2.75, 3.05) is 19.8 Å². The van der Waals surface area contributed by atoms with Crippen LogP contribution in [0.1, 0.15) is 40.0 Å². The number of carbonyl (C=O) groups is 1. The van der Waals surface area contributed by atoms with Crippen molar-refractivity contribution >= 4 is 5.97 Å². The molecular weight excluding hydrogens is 220 g/mol. The Kier molecular flexibility index (Phi) is 6.52. The van der Waals surface area contributed by atoms with E-state index in [4.69, 9.17) is 14.2 Å². The maximum absolute atomic E-state index is 11.8. The van der Waals surface area contributed by atoms with Gasteiger partial charge in [0.1, 0.15) is 0 Å². The molecule has 0 saturated carbocycles. The molecule has 1 saturated heterocycles. The molecule has 17 heavy (non-hydrogen) atoms. The van der Waals surface area contributed by atoms with Gasteiger partial charge in [0.05, 0.1) is 25.7 Å². The minimum Gasteiger partial charge on any atom is -0.466 e. The Morgan fingerprint density at radius 3 is 2.53 bits per heavy atom. The van der Waals surface area contributed by atoms with E-state index >= 15 is 0 Å². The van der Waals surface area contributed by atoms with E-state index in [-0.39, 0.29) is 18.2 Å². The molecule has 100 valence electrons. The van der Waals surface area contributed by atoms with Gasteiger partial charge in [0.15, 0.2) is 6.29 Å². The zero-order valence-corrected chi connectivity index (χ0v) is 11.1. The summed E-state index contributed by atoms with van der Waals surface area (Å²) in [5, 5.41) is 0. The molecule has 0 aromatic rings. The third-order valence-corrected chi connectivity index (χ3v) is 3.32. The van der Waals surface area contributed by atoms with Crippen molar-refractivity contribution in [2.24, 2.45) is 11.8 Å². The SMILES string of the molecule is CCOC(=O)C(CCC1OCCO1)C(C)CC. The van der Waals surface area contributed by atoms with Gasteiger partial charge in [0.25, 0.3) is 0 Å². The van der Waals surface area contributed by atoms with E-state index in [1.54, 1.807) is 0 Å². The number of hydrogen-bond acceptors (Lipinski definition) is 4. The topological polar surface area (TPSA) is 44.8 Å². The molecule has 0 radical (unpaired) electrons. The zero-order chi connectivity index (χ0) is 12.7. The Labute approximate surface area is 104 Å². The van der Waals surface area contributed by atoms with Crippen LogP contribution in [0.3, 0.4) is 0 Å². The standard InChI is InChI=1S/C13H24O4/c1-4-10(3)11(13(14)15-5-2)6-7-12-16-8-9-17-12/h10-12H,4-9H2,1-3H3. The molecule has 0 bridgehead atoms. The number of ether oxygens (including phenoxy) is 3. The van der Waals surface area contributed by atoms with Crippen LogP contribution in [0.4, 0.5) is 0 Å². The average Bonchev–Trinajstić information content (AvgIpc) is 2.82. The van der Waals surface area contributed by atoms with Crippen molar-refractivity contribution in [3.05, 3.63) is 0 Å². The molecule has 2 unspecified atom stereocenters. The zero-order valence-electron chi connectivity index (χ0n) is 11.1. The molecule has 0 aromatic heterocycles. The lowest BCUT2D eigenvalue weighted by atomic mass is 9.88. The van der Waals surface area contributed by atoms with Gasteiger partial charge in [-0.2, -0.15) is 0 Å². The number of esters is 1. The second-order valence-corrected chi connectivity index (χ2v) is 4.49. The van der Waals surface area contributed by atoms with E-state index < -0.39 is 0 Å². The Balaban J connectivity index is 2.41. The Morgan fingerprint density at radius 1 is 1.35 bits per heavy atom. The Morgan fingerprint density at radius 2 is 2.00 bits per heavy atom. The first-order valence-corrected chi connectivity index (χ1v) is 6.58. The van der Waals surface area contributed by atoms with Crippen LogP contribution in [0, 0.1) is 11.8 Å². The molecule has 1 aliphatic rings. The van der Waals surface area contributed by atoms with Crippen molar-refractivity contribution in [2.45, 2.75) is 46.3 Å². The van der Waals surface area contributed by atoms with Crippen LogP contribution < -0.4 is 0 Å². The van der Waals surface area contributed by atoms with Crippen LogP contribution in [-0.2, 0) is 19.0 Å². The lowest BCUT2D eigenvalue weighted by molar-refractivity contribution is -0.151. The predicted molar refractivity (Wildman–Crippen MR) is 64.5 cm³/mol. The van der Waals surface area contributed by atoms with Crippen LogP contribution in [-0.4, -0.2) is 32.1 Å². The van der Waals surface area contributed by atoms with Gasteiger partial charge in [0.2, 0.25) is 0 Å². The molecule has 0 spiro atoms. The van der Waals surface area contributed by atoms with Crippen LogP contribution >= 0.6 is 0 Å². The highest BCUT2D eigenvalue weighted by molar-refractivity contribution is 5.72. The van der Waals surface area contributed by atoms with Gasteiger partial charge in [0, 0.05) is 0 Å². The summed E-state index contributed by atoms with van der Waals surface area (Å²) in [6.45, 7) is 7.81. The first-order valence-electron chi connectivity index (χ1n) is 6.58. The number of hydrogen-bond donors (Lipinski definition) is 0. The van der Waals surface area contributed by atoms with E-state index in [0.717, 1.165) is 19.3 Å². The largest absolute Gasteiger partial charge is 0.466 e. The lowest BCUT2D eigenvalue weighted by Crippen LogP contribution is -2.25. The monoisotopic (exact) mass is 244 g/mol. The minimum absolute atomic E-state index is 0.0345. The first kappa shape index (κ1) is 14.5. The van der Waals surface area contributed by atoms with Gasteiger partial charge in [-0.25, -0.2) is 0 Å². The van der Waals surface area contributed by atoms with Gasteiger partial charge in [-0.1, -0.05) is 20.3 Å². The van der Waals surface area contributed by atoms with E-state index in [2.05, 4.69) is 13.8 Å². The lowest BCUT2D eigenvalue weighted by Gasteiger charge is -2.22. The van der Waals surface area contributed by atoms with Gasteiger partial charge in [-0.05, 0) is 25.7 Å². The van der Waals surface area contributed by atoms with Crippen molar-refractivity contribution in [3.63, 3.8) is 0 Å². The third-order valence-electron chi connectivity index (χ3n) is 3.32. The molecule has 1 fully saturated rings. The highest BCUT2D eigenvalue weighted by Crippen LogP contribution is 2.24. The highest BCUT2D eigenvalue weighted by atomic mass is 16.7. The smallest absolute Gasteiger partial charge is 0.309 e. The van der Waals surface area contributed by atoms with E-state index in [0.29, 0.717) is 25.7 Å². The quantitative estimate of drug-likeness (QED) is 0.645. The summed E-state index contributed by atoms with van der Waals surface area (Å²) >= 11 is 0. The minimum atomic E-state index is -0.129. The average molecular weight is 244 g/mol. The van der Waals surface area contributed by atoms with E-state index in [1.807, 2.05) is 6.92 Å². The Hall–Kier alpha value is -0.610. The molecule has 2 atom stereocenters. The maximum Gasteiger partial charge on any atom is 0.309 e. The molecule has 1 rings (SSSR count). The molecule has 1 heterocycles. The van der Waals surface area contributed by atoms with Gasteiger partial charge in [-0.3, -0.25) is 4.79 Å². The van der Waals surface area contributed by atoms with Crippen molar-refractivity contribution in [3.8, 4) is 0 Å². The summed E-state index contributed by atoms with van der Waals surface area (Å²) in [5.74, 6) is 0.225. The van der Waals surface area contributed by atoms with Crippen molar-refractivity contribution in [1.29, 1.82) is 0 Å². The molecule has 4 heteroatoms. The van der Waals surface area contributed by atoms with Crippen molar-refractivity contribution in [1.82, 2.24) is 0 Å². The fraction of sp³-hybridized carbons (Fsp3) is 0.923. The van der Waals surface area contributed by atoms with Crippen LogP contribution in [0.15, 0.2) is 0 Å². The van der Waals surface area contributed by atoms with Crippen molar-refractivity contribution < 1.29 is 19.0 Å². The highest BCUT2D eigenvalue weighted by Gasteiger charge is 2.27. The summed E-state index contributed by atoms with van der Waals surface area (Å²) in [4.78, 5) is 11.8. The number of carbonyl (C=O) groups excluding carboxylic acids is 1. The van der Waals surface area contributed by atoms with Gasteiger partial charge in [-0.15, -0.1) is 0 Å². The van der Waals surface area contributed by atoms with Gasteiger partial charge < -0.3 is 14.2 Å². The number of rotatable bonds is 7. The van der Waals surface area contributed by atoms with Gasteiger partial charge >= 0.3 is 5.97 Å². The fourth-order valence-corrected chi connectivity index (χ4v) is 2.06. The summed E-state index contributed by atoms with van der Waals surface area (Å²) in [6, 6.07) is 0. The molecular formula is C13H24O4. The second kappa shape index (κ2) is 7.67. The molecule has 0 amide bonds. The molecule has 4 nitrogen and oxygen atoms in total. The summed E-state index contributed by atoms with van der Waals surface area (Å²) in [5.41, 5.74) is 0. The Bertz CT molecular complexity index is 223. The second-order valence-electron chi connectivity index (χ2n) is 4.49. The maximum atomic E-state index is 11.8. The third kappa shape index (κ3) is 4.64. The molecule has 0 N–H and O–H groups in total. The normalized spacial score (nSPS) is 20.2.